The minimum absolute atomic E-state index is 0.00667. The van der Waals surface area contributed by atoms with Gasteiger partial charge < -0.3 is 14.9 Å². The minimum Gasteiger partial charge on any atom is -0.394 e. The molecule has 0 saturated heterocycles. The van der Waals surface area contributed by atoms with Crippen molar-refractivity contribution in [3.05, 3.63) is 0 Å². The summed E-state index contributed by atoms with van der Waals surface area (Å²) in [5.41, 5.74) is 0. The van der Waals surface area contributed by atoms with Gasteiger partial charge in [0.1, 0.15) is 0 Å². The smallest absolute Gasteiger partial charge is 0.394 e. The van der Waals surface area contributed by atoms with Gasteiger partial charge in [-0.15, -0.1) is 0 Å². The van der Waals surface area contributed by atoms with Crippen LogP contribution < -0.4 is 0 Å². The number of hydrogen-bond donors (Lipinski definition) is 4. The molecule has 14 heavy (non-hydrogen) atoms. The van der Waals surface area contributed by atoms with Gasteiger partial charge >= 0.3 is 10.4 Å². The predicted octanol–water partition coefficient (Wildman–Crippen LogP) is -0.888. The van der Waals surface area contributed by atoms with Crippen molar-refractivity contribution in [1.82, 2.24) is 0 Å². The lowest BCUT2D eigenvalue weighted by Crippen LogP contribution is -2.19. The summed E-state index contributed by atoms with van der Waals surface area (Å²) < 4.78 is 36.5. The number of aliphatic hydroxyl groups is 2. The second-order valence-electron chi connectivity index (χ2n) is 2.62. The van der Waals surface area contributed by atoms with E-state index in [0.29, 0.717) is 6.61 Å². The summed E-state index contributed by atoms with van der Waals surface area (Å²) in [6.45, 7) is 3.70. The molecule has 7 nitrogen and oxygen atoms in total. The van der Waals surface area contributed by atoms with Gasteiger partial charge in [-0.25, -0.2) is 0 Å². The average molecular weight is 232 g/mol. The Labute approximate surface area is 82.9 Å². The van der Waals surface area contributed by atoms with E-state index in [1.165, 1.54) is 0 Å². The maximum Gasteiger partial charge on any atom is 0.394 e. The SMILES string of the molecule is CC(O)COC(C)CO.O=S(=O)(O)O. The van der Waals surface area contributed by atoms with Gasteiger partial charge in [-0.2, -0.15) is 8.42 Å². The highest BCUT2D eigenvalue weighted by molar-refractivity contribution is 7.79. The van der Waals surface area contributed by atoms with E-state index in [4.69, 9.17) is 32.5 Å². The van der Waals surface area contributed by atoms with Gasteiger partial charge in [-0.3, -0.25) is 9.11 Å². The van der Waals surface area contributed by atoms with Gasteiger partial charge in [0.25, 0.3) is 0 Å². The van der Waals surface area contributed by atoms with E-state index in [0.717, 1.165) is 0 Å². The molecule has 0 fully saturated rings. The highest BCUT2D eigenvalue weighted by atomic mass is 32.3. The summed E-state index contributed by atoms with van der Waals surface area (Å²) in [6.07, 6.45) is -0.612. The first kappa shape index (κ1) is 16.2. The summed E-state index contributed by atoms with van der Waals surface area (Å²) in [4.78, 5) is 0. The first-order chi connectivity index (χ1) is 6.16. The van der Waals surface area contributed by atoms with Crippen molar-refractivity contribution in [2.45, 2.75) is 26.1 Å². The Morgan fingerprint density at radius 2 is 1.64 bits per heavy atom. The summed E-state index contributed by atoms with van der Waals surface area (Å²) in [5.74, 6) is 0. The van der Waals surface area contributed by atoms with Crippen molar-refractivity contribution in [3.63, 3.8) is 0 Å². The average Bonchev–Trinajstić information content (AvgIpc) is 1.96. The predicted molar refractivity (Wildman–Crippen MR) is 48.4 cm³/mol. The maximum absolute atomic E-state index is 8.74. The Morgan fingerprint density at radius 1 is 1.29 bits per heavy atom. The van der Waals surface area contributed by atoms with Crippen molar-refractivity contribution in [2.75, 3.05) is 13.2 Å². The number of rotatable bonds is 4. The van der Waals surface area contributed by atoms with Crippen LogP contribution in [0.25, 0.3) is 0 Å². The molecule has 0 aromatic rings. The molecule has 0 saturated carbocycles. The van der Waals surface area contributed by atoms with Crippen LogP contribution in [0.5, 0.6) is 0 Å². The molecular weight excluding hydrogens is 216 g/mol. The molecule has 4 N–H and O–H groups in total. The largest absolute Gasteiger partial charge is 0.394 e. The third kappa shape index (κ3) is 29.8. The summed E-state index contributed by atoms with van der Waals surface area (Å²) in [6, 6.07) is 0. The molecule has 0 radical (unpaired) electrons. The van der Waals surface area contributed by atoms with Crippen molar-refractivity contribution in [1.29, 1.82) is 0 Å². The van der Waals surface area contributed by atoms with Crippen LogP contribution in [0.2, 0.25) is 0 Å². The van der Waals surface area contributed by atoms with Crippen LogP contribution >= 0.6 is 0 Å². The monoisotopic (exact) mass is 232 g/mol. The number of hydrogen-bond acceptors (Lipinski definition) is 5. The Bertz CT molecular complexity index is 202. The molecule has 0 bridgehead atoms. The zero-order valence-electron chi connectivity index (χ0n) is 7.99. The van der Waals surface area contributed by atoms with Crippen LogP contribution in [-0.4, -0.2) is 53.2 Å². The molecule has 0 aromatic heterocycles. The molecule has 0 heterocycles. The first-order valence-electron chi connectivity index (χ1n) is 3.77. The van der Waals surface area contributed by atoms with Crippen LogP contribution in [-0.2, 0) is 15.1 Å². The zero-order valence-corrected chi connectivity index (χ0v) is 8.81. The summed E-state index contributed by atoms with van der Waals surface area (Å²) in [7, 11) is -4.67. The van der Waals surface area contributed by atoms with Crippen LogP contribution in [0.4, 0.5) is 0 Å². The third-order valence-electron chi connectivity index (χ3n) is 0.879. The van der Waals surface area contributed by atoms with Crippen molar-refractivity contribution in [2.24, 2.45) is 0 Å². The van der Waals surface area contributed by atoms with E-state index in [9.17, 15) is 0 Å². The molecule has 0 aliphatic carbocycles. The van der Waals surface area contributed by atoms with Crippen LogP contribution in [0.15, 0.2) is 0 Å². The van der Waals surface area contributed by atoms with E-state index in [1.807, 2.05) is 0 Å². The van der Waals surface area contributed by atoms with E-state index in [1.54, 1.807) is 13.8 Å². The fourth-order valence-electron chi connectivity index (χ4n) is 0.356. The normalized spacial score (nSPS) is 15.3. The maximum atomic E-state index is 8.74. The fourth-order valence-corrected chi connectivity index (χ4v) is 0.356. The molecule has 0 aliphatic heterocycles. The van der Waals surface area contributed by atoms with E-state index in [-0.39, 0.29) is 12.7 Å². The molecule has 88 valence electrons. The molecule has 2 atom stereocenters. The lowest BCUT2D eigenvalue weighted by molar-refractivity contribution is -0.0177. The standard InChI is InChI=1S/C6H14O3.H2O4S/c1-5(8)4-9-6(2)3-7;1-5(2,3)4/h5-8H,3-4H2,1-2H3;(H2,1,2,3,4). The van der Waals surface area contributed by atoms with Gasteiger partial charge in [0, 0.05) is 0 Å². The van der Waals surface area contributed by atoms with E-state index < -0.39 is 16.5 Å². The molecule has 0 aromatic carbocycles. The molecule has 8 heteroatoms. The summed E-state index contributed by atoms with van der Waals surface area (Å²) >= 11 is 0. The second kappa shape index (κ2) is 8.09. The van der Waals surface area contributed by atoms with Gasteiger partial charge in [0.15, 0.2) is 0 Å². The van der Waals surface area contributed by atoms with Gasteiger partial charge in [0.2, 0.25) is 0 Å². The summed E-state index contributed by atoms with van der Waals surface area (Å²) in [5, 5.41) is 17.1. The Kier molecular flexibility index (Phi) is 9.36. The molecule has 2 unspecified atom stereocenters. The topological polar surface area (TPSA) is 124 Å². The first-order valence-corrected chi connectivity index (χ1v) is 5.17. The molecule has 0 amide bonds. The fraction of sp³-hybridized carbons (Fsp3) is 1.00. The zero-order chi connectivity index (χ0) is 11.8. The third-order valence-corrected chi connectivity index (χ3v) is 0.879. The van der Waals surface area contributed by atoms with Crippen molar-refractivity contribution < 1.29 is 32.5 Å². The second-order valence-corrected chi connectivity index (χ2v) is 3.52. The van der Waals surface area contributed by atoms with Crippen molar-refractivity contribution >= 4 is 10.4 Å². The van der Waals surface area contributed by atoms with E-state index in [2.05, 4.69) is 0 Å². The lowest BCUT2D eigenvalue weighted by atomic mass is 10.4. The van der Waals surface area contributed by atoms with Crippen LogP contribution in [0.1, 0.15) is 13.8 Å². The van der Waals surface area contributed by atoms with Gasteiger partial charge in [0.05, 0.1) is 25.4 Å². The Balaban J connectivity index is 0. The molecule has 0 spiro atoms. The van der Waals surface area contributed by atoms with Gasteiger partial charge in [-0.05, 0) is 13.8 Å². The highest BCUT2D eigenvalue weighted by Gasteiger charge is 2.00. The Hall–Kier alpha value is -0.250. The number of aliphatic hydroxyl groups excluding tert-OH is 2. The van der Waals surface area contributed by atoms with E-state index >= 15 is 0 Å². The van der Waals surface area contributed by atoms with Crippen molar-refractivity contribution in [3.8, 4) is 0 Å². The molecule has 0 rings (SSSR count). The van der Waals surface area contributed by atoms with Crippen LogP contribution in [0.3, 0.4) is 0 Å². The number of ether oxygens (including phenoxy) is 1. The quantitative estimate of drug-likeness (QED) is 0.463. The minimum atomic E-state index is -4.67. The van der Waals surface area contributed by atoms with Crippen LogP contribution in [0, 0.1) is 0 Å². The van der Waals surface area contributed by atoms with Gasteiger partial charge in [-0.1, -0.05) is 0 Å². The lowest BCUT2D eigenvalue weighted by Gasteiger charge is -2.10. The molecule has 0 aliphatic rings. The Morgan fingerprint density at radius 3 is 1.86 bits per heavy atom. The highest BCUT2D eigenvalue weighted by Crippen LogP contribution is 1.90. The molecular formula is C6H16O7S.